The number of sulfone groups is 1. The Kier molecular flexibility index (Phi) is 4.13. The molecule has 1 aliphatic heterocycles. The van der Waals surface area contributed by atoms with Gasteiger partial charge in [-0.05, 0) is 18.1 Å². The molecule has 1 aliphatic rings. The Bertz CT molecular complexity index is 527. The Balaban J connectivity index is 2.14. The third-order valence-corrected chi connectivity index (χ3v) is 4.95. The summed E-state index contributed by atoms with van der Waals surface area (Å²) in [6.45, 7) is 2.53. The first-order valence-electron chi connectivity index (χ1n) is 6.28. The van der Waals surface area contributed by atoms with Gasteiger partial charge in [-0.2, -0.15) is 5.21 Å². The van der Waals surface area contributed by atoms with E-state index in [0.717, 1.165) is 12.8 Å². The Morgan fingerprint density at radius 3 is 2.84 bits per heavy atom. The fourth-order valence-electron chi connectivity index (χ4n) is 2.18. The highest BCUT2D eigenvalue weighted by molar-refractivity contribution is 7.91. The summed E-state index contributed by atoms with van der Waals surface area (Å²) < 4.78 is 23.1. The van der Waals surface area contributed by atoms with Crippen LogP contribution in [0.5, 0.6) is 0 Å². The van der Waals surface area contributed by atoms with Gasteiger partial charge >= 0.3 is 0 Å². The van der Waals surface area contributed by atoms with E-state index in [1.165, 1.54) is 0 Å². The minimum Gasteiger partial charge on any atom is -0.332 e. The number of aromatic nitrogens is 4. The summed E-state index contributed by atoms with van der Waals surface area (Å²) >= 11 is 0. The van der Waals surface area contributed by atoms with Crippen molar-refractivity contribution < 1.29 is 13.2 Å². The van der Waals surface area contributed by atoms with Crippen LogP contribution in [0.1, 0.15) is 36.8 Å². The molecule has 0 spiro atoms. The number of nitrogens with zero attached hydrogens (tertiary/aromatic N) is 4. The molecule has 2 rings (SSSR count). The van der Waals surface area contributed by atoms with Crippen molar-refractivity contribution in [2.24, 2.45) is 0 Å². The van der Waals surface area contributed by atoms with E-state index in [1.54, 1.807) is 4.90 Å². The molecule has 1 N–H and O–H groups in total. The SMILES string of the molecule is CCCCN(C(=O)c1nn[nH]n1)C1CCS(=O)(=O)C1. The summed E-state index contributed by atoms with van der Waals surface area (Å²) in [4.78, 5) is 13.8. The van der Waals surface area contributed by atoms with Crippen LogP contribution < -0.4 is 0 Å². The van der Waals surface area contributed by atoms with Gasteiger partial charge in [0.15, 0.2) is 9.84 Å². The van der Waals surface area contributed by atoms with Crippen molar-refractivity contribution >= 4 is 15.7 Å². The van der Waals surface area contributed by atoms with E-state index >= 15 is 0 Å². The van der Waals surface area contributed by atoms with Gasteiger partial charge < -0.3 is 4.90 Å². The van der Waals surface area contributed by atoms with Crippen LogP contribution in [-0.4, -0.2) is 63.9 Å². The highest BCUT2D eigenvalue weighted by Gasteiger charge is 2.35. The maximum absolute atomic E-state index is 12.3. The fraction of sp³-hybridized carbons (Fsp3) is 0.800. The van der Waals surface area contributed by atoms with E-state index in [2.05, 4.69) is 20.6 Å². The second-order valence-corrected chi connectivity index (χ2v) is 6.87. The minimum absolute atomic E-state index is 0.0135. The molecule has 1 unspecified atom stereocenters. The average molecular weight is 287 g/mol. The lowest BCUT2D eigenvalue weighted by Crippen LogP contribution is -2.42. The van der Waals surface area contributed by atoms with Crippen LogP contribution in [0, 0.1) is 0 Å². The number of aromatic amines is 1. The molecule has 106 valence electrons. The zero-order chi connectivity index (χ0) is 13.9. The normalized spacial score (nSPS) is 21.4. The fourth-order valence-corrected chi connectivity index (χ4v) is 3.91. The van der Waals surface area contributed by atoms with Gasteiger partial charge in [0, 0.05) is 12.6 Å². The molecular formula is C10H17N5O3S. The highest BCUT2D eigenvalue weighted by atomic mass is 32.2. The van der Waals surface area contributed by atoms with Crippen molar-refractivity contribution in [2.45, 2.75) is 32.2 Å². The third-order valence-electron chi connectivity index (χ3n) is 3.20. The summed E-state index contributed by atoms with van der Waals surface area (Å²) in [5.74, 6) is -0.204. The summed E-state index contributed by atoms with van der Waals surface area (Å²) in [6.07, 6.45) is 2.23. The number of nitrogens with one attached hydrogen (secondary N) is 1. The number of amides is 1. The van der Waals surface area contributed by atoms with Crippen LogP contribution in [-0.2, 0) is 9.84 Å². The molecule has 1 aromatic heterocycles. The first-order valence-corrected chi connectivity index (χ1v) is 8.10. The van der Waals surface area contributed by atoms with Crippen molar-refractivity contribution in [1.82, 2.24) is 25.5 Å². The zero-order valence-corrected chi connectivity index (χ0v) is 11.6. The molecule has 1 fully saturated rings. The molecule has 1 saturated heterocycles. The smallest absolute Gasteiger partial charge is 0.295 e. The van der Waals surface area contributed by atoms with Crippen molar-refractivity contribution in [3.63, 3.8) is 0 Å². The predicted molar refractivity (Wildman–Crippen MR) is 67.2 cm³/mol. The van der Waals surface area contributed by atoms with Gasteiger partial charge in [0.2, 0.25) is 0 Å². The molecule has 19 heavy (non-hydrogen) atoms. The van der Waals surface area contributed by atoms with Gasteiger partial charge in [0.1, 0.15) is 0 Å². The second-order valence-electron chi connectivity index (χ2n) is 4.64. The van der Waals surface area contributed by atoms with Crippen molar-refractivity contribution in [3.05, 3.63) is 5.82 Å². The van der Waals surface area contributed by atoms with E-state index in [1.807, 2.05) is 6.92 Å². The lowest BCUT2D eigenvalue weighted by atomic mass is 10.2. The van der Waals surface area contributed by atoms with E-state index in [4.69, 9.17) is 0 Å². The van der Waals surface area contributed by atoms with E-state index < -0.39 is 9.84 Å². The van der Waals surface area contributed by atoms with Gasteiger partial charge in [0.25, 0.3) is 11.7 Å². The van der Waals surface area contributed by atoms with E-state index in [-0.39, 0.29) is 29.3 Å². The number of rotatable bonds is 5. The van der Waals surface area contributed by atoms with Crippen molar-refractivity contribution in [3.8, 4) is 0 Å². The van der Waals surface area contributed by atoms with Crippen LogP contribution in [0.2, 0.25) is 0 Å². The minimum atomic E-state index is -3.03. The number of carbonyl (C=O) groups is 1. The molecule has 0 aliphatic carbocycles. The monoisotopic (exact) mass is 287 g/mol. The number of hydrogen-bond donors (Lipinski definition) is 1. The molecule has 1 atom stereocenters. The third kappa shape index (κ3) is 3.28. The van der Waals surface area contributed by atoms with Crippen LogP contribution >= 0.6 is 0 Å². The number of tetrazole rings is 1. The standard InChI is InChI=1S/C10H17N5O3S/c1-2-3-5-15(8-4-6-19(17,18)7-8)10(16)9-11-13-14-12-9/h8H,2-7H2,1H3,(H,11,12,13,14). The summed E-state index contributed by atoms with van der Waals surface area (Å²) in [6, 6.07) is -0.275. The maximum atomic E-state index is 12.3. The Morgan fingerprint density at radius 1 is 1.53 bits per heavy atom. The van der Waals surface area contributed by atoms with Crippen molar-refractivity contribution in [2.75, 3.05) is 18.1 Å². The molecule has 0 radical (unpaired) electrons. The first-order chi connectivity index (χ1) is 9.03. The van der Waals surface area contributed by atoms with Crippen LogP contribution in [0.4, 0.5) is 0 Å². The highest BCUT2D eigenvalue weighted by Crippen LogP contribution is 2.19. The molecule has 1 amide bonds. The van der Waals surface area contributed by atoms with Gasteiger partial charge in [-0.25, -0.2) is 8.42 Å². The molecule has 2 heterocycles. The number of H-pyrrole nitrogens is 1. The van der Waals surface area contributed by atoms with Gasteiger partial charge in [-0.15, -0.1) is 10.2 Å². The van der Waals surface area contributed by atoms with Gasteiger partial charge in [-0.3, -0.25) is 4.79 Å². The zero-order valence-electron chi connectivity index (χ0n) is 10.7. The number of unbranched alkanes of at least 4 members (excludes halogenated alkanes) is 1. The summed E-state index contributed by atoms with van der Waals surface area (Å²) in [5.41, 5.74) is 0. The average Bonchev–Trinajstić information content (AvgIpc) is 2.99. The molecule has 9 heteroatoms. The lowest BCUT2D eigenvalue weighted by Gasteiger charge is -2.26. The summed E-state index contributed by atoms with van der Waals surface area (Å²) in [7, 11) is -3.03. The molecule has 0 aromatic carbocycles. The number of carbonyl (C=O) groups excluding carboxylic acids is 1. The molecule has 0 saturated carbocycles. The van der Waals surface area contributed by atoms with Gasteiger partial charge in [-0.1, -0.05) is 13.3 Å². The lowest BCUT2D eigenvalue weighted by molar-refractivity contribution is 0.0681. The first kappa shape index (κ1) is 13.9. The van der Waals surface area contributed by atoms with Crippen LogP contribution in [0.15, 0.2) is 0 Å². The molecule has 1 aromatic rings. The van der Waals surface area contributed by atoms with Crippen LogP contribution in [0.3, 0.4) is 0 Å². The second kappa shape index (κ2) is 5.64. The Hall–Kier alpha value is -1.51. The van der Waals surface area contributed by atoms with Crippen molar-refractivity contribution in [1.29, 1.82) is 0 Å². The Labute approximate surface area is 111 Å². The predicted octanol–water partition coefficient (Wildman–Crippen LogP) is -0.371. The quantitative estimate of drug-likeness (QED) is 0.791. The molecule has 0 bridgehead atoms. The topological polar surface area (TPSA) is 109 Å². The van der Waals surface area contributed by atoms with Gasteiger partial charge in [0.05, 0.1) is 11.5 Å². The molecule has 8 nitrogen and oxygen atoms in total. The van der Waals surface area contributed by atoms with Crippen LogP contribution in [0.25, 0.3) is 0 Å². The van der Waals surface area contributed by atoms with E-state index in [0.29, 0.717) is 13.0 Å². The maximum Gasteiger partial charge on any atom is 0.295 e. The molecular weight excluding hydrogens is 270 g/mol. The number of hydrogen-bond acceptors (Lipinski definition) is 6. The Morgan fingerprint density at radius 2 is 2.32 bits per heavy atom. The largest absolute Gasteiger partial charge is 0.332 e. The summed E-state index contributed by atoms with van der Waals surface area (Å²) in [5, 5.41) is 12.9. The van der Waals surface area contributed by atoms with E-state index in [9.17, 15) is 13.2 Å².